The van der Waals surface area contributed by atoms with Crippen LogP contribution >= 0.6 is 11.8 Å². The first-order valence-electron chi connectivity index (χ1n) is 12.8. The van der Waals surface area contributed by atoms with Gasteiger partial charge in [-0.25, -0.2) is 15.0 Å². The summed E-state index contributed by atoms with van der Waals surface area (Å²) in [6, 6.07) is 21.8. The fraction of sp³-hybridized carbons (Fsp3) is 0.300. The third-order valence-corrected chi connectivity index (χ3v) is 7.50. The molecule has 0 spiro atoms. The number of aromatic nitrogens is 2. The van der Waals surface area contributed by atoms with Crippen LogP contribution < -0.4 is 0 Å². The van der Waals surface area contributed by atoms with Crippen molar-refractivity contribution in [3.63, 3.8) is 0 Å². The molecule has 3 aromatic rings. The monoisotopic (exact) mass is 526 g/mol. The number of ether oxygens (including phenoxy) is 1. The van der Waals surface area contributed by atoms with Gasteiger partial charge in [0.05, 0.1) is 17.5 Å². The Morgan fingerprint density at radius 3 is 2.42 bits per heavy atom. The molecule has 0 unspecified atom stereocenters. The minimum absolute atomic E-state index is 0.0272. The van der Waals surface area contributed by atoms with Gasteiger partial charge in [-0.2, -0.15) is 5.10 Å². The number of fused-ring (bicyclic) bond motifs is 1. The molecule has 194 valence electrons. The van der Waals surface area contributed by atoms with E-state index in [-0.39, 0.29) is 30.2 Å². The molecule has 1 saturated carbocycles. The number of carbonyl (C=O) groups excluding carboxylic acids is 2. The second-order valence-corrected chi connectivity index (χ2v) is 10.5. The molecule has 0 N–H and O–H groups in total. The molecule has 1 aliphatic carbocycles. The Morgan fingerprint density at radius 2 is 1.71 bits per heavy atom. The van der Waals surface area contributed by atoms with Crippen molar-refractivity contribution in [2.75, 3.05) is 12.4 Å². The van der Waals surface area contributed by atoms with E-state index in [2.05, 4.69) is 28.2 Å². The van der Waals surface area contributed by atoms with Crippen LogP contribution in [0.3, 0.4) is 0 Å². The Morgan fingerprint density at radius 1 is 1.03 bits per heavy atom. The van der Waals surface area contributed by atoms with Crippen LogP contribution in [0.2, 0.25) is 0 Å². The van der Waals surface area contributed by atoms with Crippen molar-refractivity contribution in [1.29, 1.82) is 0 Å². The number of hydrazone groups is 1. The third-order valence-electron chi connectivity index (χ3n) is 6.68. The van der Waals surface area contributed by atoms with Gasteiger partial charge in [-0.3, -0.25) is 9.59 Å². The number of thioether (sulfide) groups is 1. The average molecular weight is 527 g/mol. The van der Waals surface area contributed by atoms with Crippen molar-refractivity contribution in [1.82, 2.24) is 15.0 Å². The molecule has 0 bridgehead atoms. The zero-order chi connectivity index (χ0) is 26.5. The van der Waals surface area contributed by atoms with Gasteiger partial charge < -0.3 is 4.74 Å². The fourth-order valence-corrected chi connectivity index (χ4v) is 5.82. The summed E-state index contributed by atoms with van der Waals surface area (Å²) in [4.78, 5) is 34.5. The standard InChI is InChI=1S/C30H30N4O3S/c1-20-16-21(2)32-30(31-20)38-19-27(36)37-18-26(35)34-29(23-12-7-4-8-13-23)25-15-9-14-24(28(25)33-34)17-22-10-5-3-6-11-22/h3-8,10-13,16-17,25,29H,9,14-15,18-19H2,1-2H3/b24-17-/t25-,29-/m0/s1. The molecule has 0 radical (unpaired) electrons. The molecule has 2 atom stereocenters. The highest BCUT2D eigenvalue weighted by molar-refractivity contribution is 7.99. The Labute approximate surface area is 227 Å². The van der Waals surface area contributed by atoms with E-state index in [0.29, 0.717) is 5.16 Å². The smallest absolute Gasteiger partial charge is 0.316 e. The quantitative estimate of drug-likeness (QED) is 0.228. The average Bonchev–Trinajstić information content (AvgIpc) is 3.32. The summed E-state index contributed by atoms with van der Waals surface area (Å²) in [6.07, 6.45) is 5.06. The minimum Gasteiger partial charge on any atom is -0.455 e. The van der Waals surface area contributed by atoms with Crippen LogP contribution in [0.4, 0.5) is 0 Å². The number of benzene rings is 2. The number of rotatable bonds is 7. The van der Waals surface area contributed by atoms with Crippen molar-refractivity contribution in [2.45, 2.75) is 44.3 Å². The van der Waals surface area contributed by atoms with Gasteiger partial charge in [-0.15, -0.1) is 0 Å². The Hall–Kier alpha value is -3.78. The van der Waals surface area contributed by atoms with Crippen LogP contribution in [-0.4, -0.2) is 44.9 Å². The van der Waals surface area contributed by atoms with Gasteiger partial charge in [0, 0.05) is 17.3 Å². The summed E-state index contributed by atoms with van der Waals surface area (Å²) in [5.74, 6) is -0.700. The van der Waals surface area contributed by atoms with Gasteiger partial charge in [0.15, 0.2) is 11.8 Å². The van der Waals surface area contributed by atoms with Crippen LogP contribution in [0, 0.1) is 19.8 Å². The highest BCUT2D eigenvalue weighted by Crippen LogP contribution is 2.44. The molecule has 1 amide bonds. The maximum absolute atomic E-state index is 13.4. The highest BCUT2D eigenvalue weighted by Gasteiger charge is 2.43. The van der Waals surface area contributed by atoms with E-state index in [4.69, 9.17) is 9.84 Å². The van der Waals surface area contributed by atoms with Gasteiger partial charge >= 0.3 is 5.97 Å². The van der Waals surface area contributed by atoms with Gasteiger partial charge in [0.25, 0.3) is 5.91 Å². The summed E-state index contributed by atoms with van der Waals surface area (Å²) < 4.78 is 5.37. The van der Waals surface area contributed by atoms with E-state index in [1.165, 1.54) is 16.8 Å². The lowest BCUT2D eigenvalue weighted by Crippen LogP contribution is -2.34. The summed E-state index contributed by atoms with van der Waals surface area (Å²) >= 11 is 1.20. The molecule has 2 aliphatic rings. The molecule has 1 aromatic heterocycles. The third kappa shape index (κ3) is 6.02. The minimum atomic E-state index is -0.490. The summed E-state index contributed by atoms with van der Waals surface area (Å²) in [5.41, 5.74) is 5.93. The lowest BCUT2D eigenvalue weighted by molar-refractivity contribution is -0.151. The predicted octanol–water partition coefficient (Wildman–Crippen LogP) is 5.55. The largest absolute Gasteiger partial charge is 0.455 e. The highest BCUT2D eigenvalue weighted by atomic mass is 32.2. The SMILES string of the molecule is Cc1cc(C)nc(SCC(=O)OCC(=O)N2N=C3/C(=C\c4ccccc4)CCC[C@@H]3[C@@H]2c2ccccc2)n1. The molecule has 1 fully saturated rings. The molecule has 7 nitrogen and oxygen atoms in total. The van der Waals surface area contributed by atoms with Crippen LogP contribution in [0.5, 0.6) is 0 Å². The van der Waals surface area contributed by atoms with Crippen LogP contribution in [0.25, 0.3) is 6.08 Å². The lowest BCUT2D eigenvalue weighted by atomic mass is 9.77. The Kier molecular flexibility index (Phi) is 7.98. The number of nitrogens with zero attached hydrogens (tertiary/aromatic N) is 4. The maximum Gasteiger partial charge on any atom is 0.316 e. The molecule has 0 saturated heterocycles. The Balaban J connectivity index is 1.31. The molecular formula is C30H30N4O3S. The second-order valence-electron chi connectivity index (χ2n) is 9.54. The van der Waals surface area contributed by atoms with Crippen molar-refractivity contribution in [2.24, 2.45) is 11.0 Å². The summed E-state index contributed by atoms with van der Waals surface area (Å²) in [6.45, 7) is 3.40. The van der Waals surface area contributed by atoms with E-state index in [9.17, 15) is 9.59 Å². The van der Waals surface area contributed by atoms with E-state index in [0.717, 1.165) is 53.1 Å². The van der Waals surface area contributed by atoms with E-state index >= 15 is 0 Å². The molecule has 5 rings (SSSR count). The van der Waals surface area contributed by atoms with Crippen molar-refractivity contribution in [3.8, 4) is 0 Å². The second kappa shape index (κ2) is 11.7. The van der Waals surface area contributed by atoms with Crippen molar-refractivity contribution in [3.05, 3.63) is 94.8 Å². The van der Waals surface area contributed by atoms with Crippen molar-refractivity contribution >= 4 is 35.4 Å². The first-order valence-corrected chi connectivity index (χ1v) is 13.8. The number of hydrogen-bond acceptors (Lipinski definition) is 7. The Bertz CT molecular complexity index is 1350. The number of esters is 1. The summed E-state index contributed by atoms with van der Waals surface area (Å²) in [7, 11) is 0. The number of aryl methyl sites for hydroxylation is 2. The first-order chi connectivity index (χ1) is 18.5. The van der Waals surface area contributed by atoms with E-state index in [1.807, 2.05) is 68.4 Å². The van der Waals surface area contributed by atoms with E-state index < -0.39 is 5.97 Å². The number of amides is 1. The van der Waals surface area contributed by atoms with Gasteiger partial charge in [0.2, 0.25) is 0 Å². The molecule has 2 aromatic carbocycles. The van der Waals surface area contributed by atoms with Crippen LogP contribution in [0.15, 0.2) is 82.6 Å². The molecular weight excluding hydrogens is 496 g/mol. The van der Waals surface area contributed by atoms with Crippen LogP contribution in [0.1, 0.15) is 47.8 Å². The number of allylic oxidation sites excluding steroid dienone is 1. The number of hydrogen-bond donors (Lipinski definition) is 0. The molecule has 8 heteroatoms. The first kappa shape index (κ1) is 25.9. The van der Waals surface area contributed by atoms with Crippen LogP contribution in [-0.2, 0) is 14.3 Å². The summed E-state index contributed by atoms with van der Waals surface area (Å²) in [5, 5.41) is 6.90. The zero-order valence-corrected chi connectivity index (χ0v) is 22.4. The topological polar surface area (TPSA) is 84.8 Å². The molecule has 1 aliphatic heterocycles. The molecule has 2 heterocycles. The zero-order valence-electron chi connectivity index (χ0n) is 21.5. The maximum atomic E-state index is 13.4. The normalized spacial score (nSPS) is 19.7. The van der Waals surface area contributed by atoms with E-state index in [1.54, 1.807) is 0 Å². The van der Waals surface area contributed by atoms with Gasteiger partial charge in [0.1, 0.15) is 0 Å². The predicted molar refractivity (Wildman–Crippen MR) is 148 cm³/mol. The van der Waals surface area contributed by atoms with Gasteiger partial charge in [-0.1, -0.05) is 72.4 Å². The van der Waals surface area contributed by atoms with Gasteiger partial charge in [-0.05, 0) is 62.0 Å². The fourth-order valence-electron chi connectivity index (χ4n) is 5.07. The van der Waals surface area contributed by atoms with Crippen molar-refractivity contribution < 1.29 is 14.3 Å². The number of carbonyl (C=O) groups is 2. The lowest BCUT2D eigenvalue weighted by Gasteiger charge is -2.29. The molecule has 38 heavy (non-hydrogen) atoms.